The SMILES string of the molecule is COCCCn1cnnc1[C@@H](C)Nc1ncnc2c1Cc1ccccc1OC2. The van der Waals surface area contributed by atoms with Gasteiger partial charge in [0.05, 0.1) is 11.7 Å². The molecule has 1 N–H and O–H groups in total. The molecule has 3 aromatic rings. The van der Waals surface area contributed by atoms with Gasteiger partial charge in [0.2, 0.25) is 0 Å². The molecule has 0 saturated heterocycles. The van der Waals surface area contributed by atoms with E-state index in [0.717, 1.165) is 53.6 Å². The molecule has 1 atom stereocenters. The summed E-state index contributed by atoms with van der Waals surface area (Å²) in [6, 6.07) is 8.03. The predicted octanol–water partition coefficient (Wildman–Crippen LogP) is 2.76. The quantitative estimate of drug-likeness (QED) is 0.631. The van der Waals surface area contributed by atoms with Gasteiger partial charge in [-0.05, 0) is 25.0 Å². The van der Waals surface area contributed by atoms with Gasteiger partial charge in [-0.15, -0.1) is 10.2 Å². The molecule has 0 aliphatic carbocycles. The third kappa shape index (κ3) is 3.82. The number of ether oxygens (including phenoxy) is 2. The topological polar surface area (TPSA) is 87.0 Å². The number of anilines is 1. The molecule has 0 saturated carbocycles. The summed E-state index contributed by atoms with van der Waals surface area (Å²) in [5.74, 6) is 2.58. The largest absolute Gasteiger partial charge is 0.487 e. The summed E-state index contributed by atoms with van der Waals surface area (Å²) in [6.45, 7) is 4.02. The van der Waals surface area contributed by atoms with Crippen LogP contribution in [0.25, 0.3) is 0 Å². The molecule has 1 aliphatic heterocycles. The molecule has 0 unspecified atom stereocenters. The Morgan fingerprint density at radius 2 is 2.18 bits per heavy atom. The second-order valence-electron chi connectivity index (χ2n) is 6.82. The van der Waals surface area contributed by atoms with E-state index < -0.39 is 0 Å². The van der Waals surface area contributed by atoms with E-state index in [1.54, 1.807) is 19.8 Å². The van der Waals surface area contributed by atoms with E-state index in [1.807, 2.05) is 18.2 Å². The summed E-state index contributed by atoms with van der Waals surface area (Å²) in [6.07, 6.45) is 4.97. The predicted molar refractivity (Wildman–Crippen MR) is 104 cm³/mol. The number of methoxy groups -OCH3 is 1. The minimum atomic E-state index is -0.0524. The van der Waals surface area contributed by atoms with E-state index in [1.165, 1.54) is 0 Å². The molecule has 4 rings (SSSR count). The van der Waals surface area contributed by atoms with Gasteiger partial charge in [-0.2, -0.15) is 0 Å². The molecule has 0 radical (unpaired) electrons. The van der Waals surface area contributed by atoms with Crippen molar-refractivity contribution in [3.63, 3.8) is 0 Å². The van der Waals surface area contributed by atoms with Crippen LogP contribution in [0.3, 0.4) is 0 Å². The number of rotatable bonds is 7. The fourth-order valence-corrected chi connectivity index (χ4v) is 3.43. The monoisotopic (exact) mass is 380 g/mol. The normalized spacial score (nSPS) is 13.8. The molecule has 146 valence electrons. The van der Waals surface area contributed by atoms with E-state index >= 15 is 0 Å². The fourth-order valence-electron chi connectivity index (χ4n) is 3.43. The summed E-state index contributed by atoms with van der Waals surface area (Å²) in [5, 5.41) is 11.9. The fraction of sp³-hybridized carbons (Fsp3) is 0.400. The number of aromatic nitrogens is 5. The highest BCUT2D eigenvalue weighted by Crippen LogP contribution is 2.31. The second kappa shape index (κ2) is 8.35. The Balaban J connectivity index is 1.56. The van der Waals surface area contributed by atoms with Gasteiger partial charge in [0.25, 0.3) is 0 Å². The van der Waals surface area contributed by atoms with Crippen molar-refractivity contribution in [3.05, 3.63) is 59.6 Å². The maximum Gasteiger partial charge on any atom is 0.155 e. The van der Waals surface area contributed by atoms with Gasteiger partial charge < -0.3 is 19.4 Å². The molecule has 1 aromatic carbocycles. The van der Waals surface area contributed by atoms with Crippen LogP contribution < -0.4 is 10.1 Å². The lowest BCUT2D eigenvalue weighted by atomic mass is 10.0. The Hall–Kier alpha value is -3.00. The Morgan fingerprint density at radius 3 is 3.07 bits per heavy atom. The lowest BCUT2D eigenvalue weighted by Gasteiger charge is -2.18. The third-order valence-corrected chi connectivity index (χ3v) is 4.87. The van der Waals surface area contributed by atoms with Crippen molar-refractivity contribution in [1.82, 2.24) is 24.7 Å². The van der Waals surface area contributed by atoms with Gasteiger partial charge in [-0.25, -0.2) is 9.97 Å². The first-order chi connectivity index (χ1) is 13.8. The van der Waals surface area contributed by atoms with Crippen LogP contribution >= 0.6 is 0 Å². The highest BCUT2D eigenvalue weighted by molar-refractivity contribution is 5.52. The number of hydrogen-bond acceptors (Lipinski definition) is 7. The maximum atomic E-state index is 5.92. The first-order valence-electron chi connectivity index (χ1n) is 9.43. The van der Waals surface area contributed by atoms with Gasteiger partial charge in [-0.1, -0.05) is 18.2 Å². The van der Waals surface area contributed by atoms with Crippen molar-refractivity contribution in [2.24, 2.45) is 0 Å². The molecule has 0 spiro atoms. The van der Waals surface area contributed by atoms with Gasteiger partial charge >= 0.3 is 0 Å². The molecule has 0 fully saturated rings. The van der Waals surface area contributed by atoms with Crippen LogP contribution in [-0.4, -0.2) is 38.4 Å². The van der Waals surface area contributed by atoms with Crippen LogP contribution in [0.5, 0.6) is 5.75 Å². The van der Waals surface area contributed by atoms with Crippen LogP contribution in [0.4, 0.5) is 5.82 Å². The minimum absolute atomic E-state index is 0.0524. The molecule has 2 aromatic heterocycles. The molecule has 28 heavy (non-hydrogen) atoms. The van der Waals surface area contributed by atoms with E-state index in [0.29, 0.717) is 13.2 Å². The van der Waals surface area contributed by atoms with Gasteiger partial charge in [0.1, 0.15) is 30.8 Å². The van der Waals surface area contributed by atoms with Crippen molar-refractivity contribution >= 4 is 5.82 Å². The average Bonchev–Trinajstić information content (AvgIpc) is 3.09. The minimum Gasteiger partial charge on any atom is -0.487 e. The lowest BCUT2D eigenvalue weighted by Crippen LogP contribution is -2.17. The summed E-state index contributed by atoms with van der Waals surface area (Å²) in [4.78, 5) is 8.94. The molecule has 3 heterocycles. The van der Waals surface area contributed by atoms with Crippen molar-refractivity contribution in [3.8, 4) is 5.75 Å². The van der Waals surface area contributed by atoms with E-state index in [9.17, 15) is 0 Å². The highest BCUT2D eigenvalue weighted by atomic mass is 16.5. The van der Waals surface area contributed by atoms with Crippen molar-refractivity contribution in [2.45, 2.75) is 39.0 Å². The smallest absolute Gasteiger partial charge is 0.155 e. The van der Waals surface area contributed by atoms with E-state index in [4.69, 9.17) is 9.47 Å². The molecule has 8 nitrogen and oxygen atoms in total. The maximum absolute atomic E-state index is 5.92. The summed E-state index contributed by atoms with van der Waals surface area (Å²) in [5.41, 5.74) is 3.10. The number of nitrogens with zero attached hydrogens (tertiary/aromatic N) is 5. The number of para-hydroxylation sites is 1. The van der Waals surface area contributed by atoms with Crippen LogP contribution in [0.1, 0.15) is 42.0 Å². The molecular weight excluding hydrogens is 356 g/mol. The van der Waals surface area contributed by atoms with Crippen molar-refractivity contribution < 1.29 is 9.47 Å². The summed E-state index contributed by atoms with van der Waals surface area (Å²) in [7, 11) is 1.71. The number of fused-ring (bicyclic) bond motifs is 2. The van der Waals surface area contributed by atoms with E-state index in [-0.39, 0.29) is 6.04 Å². The average molecular weight is 380 g/mol. The van der Waals surface area contributed by atoms with Crippen LogP contribution in [-0.2, 0) is 24.3 Å². The standard InChI is InChI=1S/C20H24N6O2/c1-14(20-25-23-13-26(20)8-5-9-27-2)24-19-16-10-15-6-3-4-7-18(15)28-11-17(16)21-12-22-19/h3-4,6-7,12-14H,5,8-11H2,1-2H3,(H,21,22,24)/t14-/m1/s1. The molecule has 8 heteroatoms. The van der Waals surface area contributed by atoms with Crippen LogP contribution in [0.15, 0.2) is 36.9 Å². The Bertz CT molecular complexity index is 942. The number of benzene rings is 1. The zero-order chi connectivity index (χ0) is 19.3. The van der Waals surface area contributed by atoms with Gasteiger partial charge in [0, 0.05) is 32.2 Å². The molecule has 0 amide bonds. The zero-order valence-corrected chi connectivity index (χ0v) is 16.1. The Labute approximate surface area is 164 Å². The summed E-state index contributed by atoms with van der Waals surface area (Å²) >= 11 is 0. The molecular formula is C20H24N6O2. The van der Waals surface area contributed by atoms with Crippen LogP contribution in [0, 0.1) is 0 Å². The Morgan fingerprint density at radius 1 is 1.29 bits per heavy atom. The number of aryl methyl sites for hydroxylation is 1. The second-order valence-corrected chi connectivity index (χ2v) is 6.82. The first kappa shape index (κ1) is 18.4. The third-order valence-electron chi connectivity index (χ3n) is 4.87. The highest BCUT2D eigenvalue weighted by Gasteiger charge is 2.21. The zero-order valence-electron chi connectivity index (χ0n) is 16.1. The first-order valence-corrected chi connectivity index (χ1v) is 9.43. The van der Waals surface area contributed by atoms with Gasteiger partial charge in [0.15, 0.2) is 5.82 Å². The lowest BCUT2D eigenvalue weighted by molar-refractivity contribution is 0.190. The number of nitrogens with one attached hydrogen (secondary N) is 1. The van der Waals surface area contributed by atoms with Crippen LogP contribution in [0.2, 0.25) is 0 Å². The number of hydrogen-bond donors (Lipinski definition) is 1. The van der Waals surface area contributed by atoms with Crippen molar-refractivity contribution in [2.75, 3.05) is 19.0 Å². The van der Waals surface area contributed by atoms with E-state index in [2.05, 4.69) is 43.0 Å². The summed E-state index contributed by atoms with van der Waals surface area (Å²) < 4.78 is 13.1. The Kier molecular flexibility index (Phi) is 5.48. The molecule has 1 aliphatic rings. The van der Waals surface area contributed by atoms with Crippen molar-refractivity contribution in [1.29, 1.82) is 0 Å². The van der Waals surface area contributed by atoms with Gasteiger partial charge in [-0.3, -0.25) is 0 Å². The molecule has 0 bridgehead atoms.